The second-order valence-electron chi connectivity index (χ2n) is 4.32. The molecule has 0 unspecified atom stereocenters. The molecule has 3 aromatic rings. The van der Waals surface area contributed by atoms with E-state index in [1.165, 1.54) is 14.7 Å². The van der Waals surface area contributed by atoms with Crippen LogP contribution in [0.4, 0.5) is 0 Å². The quantitative estimate of drug-likeness (QED) is 0.643. The Morgan fingerprint density at radius 3 is 2.05 bits per heavy atom. The summed E-state index contributed by atoms with van der Waals surface area (Å²) in [7, 11) is 0. The molecule has 2 aromatic carbocycles. The maximum Gasteiger partial charge on any atom is 0.400 e. The molecule has 0 aliphatic rings. The van der Waals surface area contributed by atoms with Crippen LogP contribution in [0.3, 0.4) is 0 Å². The summed E-state index contributed by atoms with van der Waals surface area (Å²) in [5.41, 5.74) is 2.53. The number of halogens is 1. The van der Waals surface area contributed by atoms with Crippen molar-refractivity contribution >= 4 is 0 Å². The first kappa shape index (κ1) is 12.5. The van der Waals surface area contributed by atoms with Gasteiger partial charge in [-0.2, -0.15) is 0 Å². The lowest BCUT2D eigenvalue weighted by molar-refractivity contribution is -0.617. The maximum atomic E-state index is 5.65. The highest BCUT2D eigenvalue weighted by molar-refractivity contribution is 5.62. The van der Waals surface area contributed by atoms with Crippen LogP contribution in [0.5, 0.6) is 0 Å². The molecule has 0 amide bonds. The zero-order valence-electron chi connectivity index (χ0n) is 10.6. The minimum Gasteiger partial charge on any atom is -0.424 e. The Kier molecular flexibility index (Phi) is 3.69. The maximum absolute atomic E-state index is 5.65. The van der Waals surface area contributed by atoms with E-state index in [1.54, 1.807) is 0 Å². The third-order valence-corrected chi connectivity index (χ3v) is 5.31. The molecule has 0 aliphatic heterocycles. The van der Waals surface area contributed by atoms with Gasteiger partial charge in [0.1, 0.15) is 5.76 Å². The summed E-state index contributed by atoms with van der Waals surface area (Å²) < 4.78 is 8.16. The van der Waals surface area contributed by atoms with Gasteiger partial charge in [0.15, 0.2) is 3.57 Å². The normalized spacial score (nSPS) is 10.6. The average Bonchev–Trinajstić information content (AvgIpc) is 2.86. The highest BCUT2D eigenvalue weighted by atomic mass is 127. The number of hydrogen-bond acceptors (Lipinski definition) is 1. The predicted octanol–water partition coefficient (Wildman–Crippen LogP) is 1.38. The monoisotopic (exact) mass is 361 g/mol. The Morgan fingerprint density at radius 1 is 0.737 bits per heavy atom. The van der Waals surface area contributed by atoms with E-state index in [4.69, 9.17) is 4.42 Å². The molecule has 0 aliphatic carbocycles. The van der Waals surface area contributed by atoms with Crippen LogP contribution in [-0.2, 0) is 0 Å². The second kappa shape index (κ2) is 5.61. The van der Waals surface area contributed by atoms with Gasteiger partial charge < -0.3 is 4.42 Å². The van der Waals surface area contributed by atoms with Gasteiger partial charge in [-0.05, 0) is 48.4 Å². The van der Waals surface area contributed by atoms with Crippen LogP contribution in [0, 0.1) is 14.3 Å². The summed E-state index contributed by atoms with van der Waals surface area (Å²) in [4.78, 5) is 0. The Morgan fingerprint density at radius 2 is 1.42 bits per heavy atom. The summed E-state index contributed by atoms with van der Waals surface area (Å²) in [5, 5.41) is 0. The van der Waals surface area contributed by atoms with E-state index in [1.807, 2.05) is 19.1 Å². The van der Waals surface area contributed by atoms with Gasteiger partial charge in [0.2, 0.25) is 0 Å². The fraction of sp³-hybridized carbons (Fsp3) is 0.0588. The van der Waals surface area contributed by atoms with Crippen LogP contribution >= 0.6 is 0 Å². The molecule has 2 heteroatoms. The van der Waals surface area contributed by atoms with Crippen molar-refractivity contribution in [2.45, 2.75) is 6.92 Å². The molecule has 0 radical (unpaired) electrons. The Balaban J connectivity index is 1.79. The molecule has 0 bridgehead atoms. The molecular formula is C17H14IO+. The smallest absolute Gasteiger partial charge is 0.400 e. The highest BCUT2D eigenvalue weighted by Gasteiger charge is 2.19. The van der Waals surface area contributed by atoms with Crippen molar-refractivity contribution in [2.75, 3.05) is 0 Å². The molecule has 0 spiro atoms. The molecule has 1 nitrogen and oxygen atoms in total. The lowest BCUT2D eigenvalue weighted by Gasteiger charge is -1.99. The third kappa shape index (κ3) is 3.07. The van der Waals surface area contributed by atoms with Gasteiger partial charge in [-0.15, -0.1) is 0 Å². The van der Waals surface area contributed by atoms with Crippen molar-refractivity contribution < 1.29 is 25.6 Å². The van der Waals surface area contributed by atoms with Gasteiger partial charge >= 0.3 is 25.0 Å². The summed E-state index contributed by atoms with van der Waals surface area (Å²) in [6.45, 7) is 1.99. The molecule has 0 saturated carbocycles. The topological polar surface area (TPSA) is 13.1 Å². The van der Waals surface area contributed by atoms with Crippen LogP contribution in [0.15, 0.2) is 71.1 Å². The molecule has 1 heterocycles. The molecule has 1 aromatic heterocycles. The zero-order chi connectivity index (χ0) is 13.1. The molecule has 3 rings (SSSR count). The zero-order valence-corrected chi connectivity index (χ0v) is 12.8. The van der Waals surface area contributed by atoms with E-state index in [0.29, 0.717) is 0 Å². The summed E-state index contributed by atoms with van der Waals surface area (Å²) in [5.74, 6) is 0.996. The third-order valence-electron chi connectivity index (χ3n) is 2.86. The van der Waals surface area contributed by atoms with Gasteiger partial charge in [-0.3, -0.25) is 0 Å². The number of hydrogen-bond donors (Lipinski definition) is 0. The average molecular weight is 361 g/mol. The van der Waals surface area contributed by atoms with Crippen molar-refractivity contribution in [3.05, 3.63) is 79.8 Å². The van der Waals surface area contributed by atoms with Gasteiger partial charge in [0.25, 0.3) is 0 Å². The van der Waals surface area contributed by atoms with E-state index in [9.17, 15) is 0 Å². The summed E-state index contributed by atoms with van der Waals surface area (Å²) in [6, 6.07) is 23.4. The van der Waals surface area contributed by atoms with Crippen molar-refractivity contribution in [1.82, 2.24) is 0 Å². The number of furan rings is 1. The van der Waals surface area contributed by atoms with E-state index in [2.05, 4.69) is 54.6 Å². The molecule has 0 N–H and O–H groups in total. The minimum atomic E-state index is -0.200. The second-order valence-corrected chi connectivity index (χ2v) is 7.17. The molecule has 94 valence electrons. The van der Waals surface area contributed by atoms with Crippen LogP contribution < -0.4 is 21.2 Å². The number of benzene rings is 2. The van der Waals surface area contributed by atoms with Crippen LogP contribution in [0.25, 0.3) is 11.1 Å². The van der Waals surface area contributed by atoms with E-state index >= 15 is 0 Å². The van der Waals surface area contributed by atoms with Gasteiger partial charge in [-0.25, -0.2) is 0 Å². The SMILES string of the molecule is Cc1ccc([I+]c2ccc(-c3ccccc3)cc2)o1. The minimum absolute atomic E-state index is 0.200. The fourth-order valence-corrected chi connectivity index (χ4v) is 4.05. The molecule has 0 saturated heterocycles. The lowest BCUT2D eigenvalue weighted by Crippen LogP contribution is -3.61. The van der Waals surface area contributed by atoms with Crippen molar-refractivity contribution in [3.63, 3.8) is 0 Å². The first-order chi connectivity index (χ1) is 9.31. The van der Waals surface area contributed by atoms with E-state index in [0.717, 1.165) is 9.53 Å². The number of rotatable bonds is 3. The van der Waals surface area contributed by atoms with Crippen LogP contribution in [0.1, 0.15) is 5.76 Å². The standard InChI is InChI=1S/C17H14IO/c1-13-7-12-17(19-13)18-16-10-8-15(9-11-16)14-5-3-2-4-6-14/h2-12H,1H3/q+1. The first-order valence-electron chi connectivity index (χ1n) is 6.18. The molecular weight excluding hydrogens is 347 g/mol. The van der Waals surface area contributed by atoms with Gasteiger partial charge in [0.05, 0.1) is 0 Å². The lowest BCUT2D eigenvalue weighted by atomic mass is 10.1. The van der Waals surface area contributed by atoms with Crippen LogP contribution in [0.2, 0.25) is 0 Å². The Labute approximate surface area is 123 Å². The summed E-state index contributed by atoms with van der Waals surface area (Å²) >= 11 is -0.200. The molecule has 0 atom stereocenters. The van der Waals surface area contributed by atoms with Crippen molar-refractivity contribution in [3.8, 4) is 11.1 Å². The molecule has 19 heavy (non-hydrogen) atoms. The Bertz CT molecular complexity index is 653. The van der Waals surface area contributed by atoms with Gasteiger partial charge in [-0.1, -0.05) is 30.3 Å². The van der Waals surface area contributed by atoms with Crippen LogP contribution in [-0.4, -0.2) is 0 Å². The highest BCUT2D eigenvalue weighted by Crippen LogP contribution is 2.17. The largest absolute Gasteiger partial charge is 0.424 e. The van der Waals surface area contributed by atoms with E-state index < -0.39 is 0 Å². The van der Waals surface area contributed by atoms with Crippen molar-refractivity contribution in [1.29, 1.82) is 0 Å². The van der Waals surface area contributed by atoms with Gasteiger partial charge in [0, 0.05) is 6.07 Å². The summed E-state index contributed by atoms with van der Waals surface area (Å²) in [6.07, 6.45) is 0. The van der Waals surface area contributed by atoms with E-state index in [-0.39, 0.29) is 21.2 Å². The predicted molar refractivity (Wildman–Crippen MR) is 72.7 cm³/mol. The Hall–Kier alpha value is -1.55. The molecule has 0 fully saturated rings. The van der Waals surface area contributed by atoms with Crippen molar-refractivity contribution in [2.24, 2.45) is 0 Å². The first-order valence-corrected chi connectivity index (χ1v) is 8.34. The number of aryl methyl sites for hydroxylation is 1. The fourth-order valence-electron chi connectivity index (χ4n) is 1.90.